The van der Waals surface area contributed by atoms with E-state index in [9.17, 15) is 23.9 Å². The summed E-state index contributed by atoms with van der Waals surface area (Å²) >= 11 is 1.20. The van der Waals surface area contributed by atoms with Crippen LogP contribution >= 0.6 is 11.3 Å². The van der Waals surface area contributed by atoms with E-state index in [1.165, 1.54) is 53.0 Å². The van der Waals surface area contributed by atoms with Crippen molar-refractivity contribution >= 4 is 27.5 Å². The van der Waals surface area contributed by atoms with Crippen molar-refractivity contribution in [1.29, 1.82) is 0 Å². The van der Waals surface area contributed by atoms with Crippen molar-refractivity contribution in [3.05, 3.63) is 74.4 Å². The average Bonchev–Trinajstić information content (AvgIpc) is 3.60. The van der Waals surface area contributed by atoms with E-state index in [1.807, 2.05) is 13.8 Å². The minimum atomic E-state index is -1.11. The molecule has 1 aromatic carbocycles. The van der Waals surface area contributed by atoms with Crippen molar-refractivity contribution in [2.24, 2.45) is 0 Å². The van der Waals surface area contributed by atoms with Gasteiger partial charge in [-0.25, -0.2) is 18.4 Å². The number of hydrogen-bond donors (Lipinski definition) is 1. The van der Waals surface area contributed by atoms with Gasteiger partial charge in [-0.3, -0.25) is 14.2 Å². The fraction of sp³-hybridized carbons (Fsp3) is 0.429. The number of aliphatic hydroxyl groups is 1. The Morgan fingerprint density at radius 1 is 1.24 bits per heavy atom. The Labute approximate surface area is 240 Å². The Balaban J connectivity index is 2.00. The number of aromatic nitrogens is 4. The molecule has 0 aliphatic heterocycles. The molecule has 1 N–H and O–H groups in total. The van der Waals surface area contributed by atoms with E-state index in [0.717, 1.165) is 4.57 Å². The number of carbonyl (C=O) groups excluding carboxylic acids is 1. The Bertz CT molecular complexity index is 1660. The first-order chi connectivity index (χ1) is 19.5. The number of benzene rings is 1. The summed E-state index contributed by atoms with van der Waals surface area (Å²) in [6.45, 7) is 6.39. The third-order valence-electron chi connectivity index (χ3n) is 7.09. The molecule has 13 heteroatoms. The summed E-state index contributed by atoms with van der Waals surface area (Å²) in [4.78, 5) is 43.2. The quantitative estimate of drug-likeness (QED) is 0.286. The van der Waals surface area contributed by atoms with Crippen LogP contribution in [-0.2, 0) is 16.1 Å². The van der Waals surface area contributed by atoms with Gasteiger partial charge in [0, 0.05) is 36.6 Å². The van der Waals surface area contributed by atoms with E-state index in [0.29, 0.717) is 26.7 Å². The molecule has 4 aromatic rings. The number of likely N-dealkylation sites (N-methyl/N-ethyl adjacent to an activating group) is 1. The molecular weight excluding hydrogens is 553 g/mol. The predicted molar refractivity (Wildman–Crippen MR) is 154 cm³/mol. The van der Waals surface area contributed by atoms with E-state index in [-0.39, 0.29) is 31.2 Å². The van der Waals surface area contributed by atoms with Gasteiger partial charge in [-0.05, 0) is 52.0 Å². The van der Waals surface area contributed by atoms with Gasteiger partial charge < -0.3 is 19.5 Å². The molecule has 0 spiro atoms. The Kier molecular flexibility index (Phi) is 9.10. The highest BCUT2D eigenvalue weighted by molar-refractivity contribution is 7.21. The zero-order chi connectivity index (χ0) is 30.0. The van der Waals surface area contributed by atoms with E-state index in [2.05, 4.69) is 5.10 Å². The lowest BCUT2D eigenvalue weighted by atomic mass is 10.1. The molecule has 3 aromatic heterocycles. The number of thiophene rings is 1. The summed E-state index contributed by atoms with van der Waals surface area (Å²) in [6, 6.07) is 4.42. The lowest BCUT2D eigenvalue weighted by molar-refractivity contribution is -0.134. The van der Waals surface area contributed by atoms with Gasteiger partial charge >= 0.3 is 5.69 Å². The van der Waals surface area contributed by atoms with Gasteiger partial charge in [0.25, 0.3) is 5.56 Å². The van der Waals surface area contributed by atoms with Crippen LogP contribution in [0.2, 0.25) is 0 Å². The Morgan fingerprint density at radius 3 is 2.59 bits per heavy atom. The highest BCUT2D eigenvalue weighted by atomic mass is 32.1. The van der Waals surface area contributed by atoms with Crippen LogP contribution in [0.25, 0.3) is 15.2 Å². The molecule has 0 fully saturated rings. The first kappa shape index (κ1) is 30.2. The smallest absolute Gasteiger partial charge is 0.332 e. The van der Waals surface area contributed by atoms with Gasteiger partial charge in [0.15, 0.2) is 0 Å². The molecular formula is C28H34FN5O6S. The minimum Gasteiger partial charge on any atom is -0.496 e. The molecule has 0 saturated carbocycles. The molecule has 220 valence electrons. The summed E-state index contributed by atoms with van der Waals surface area (Å²) in [5.41, 5.74) is -0.401. The van der Waals surface area contributed by atoms with Crippen LogP contribution < -0.4 is 16.0 Å². The highest BCUT2D eigenvalue weighted by Gasteiger charge is 2.30. The van der Waals surface area contributed by atoms with Gasteiger partial charge in [-0.15, -0.1) is 0 Å². The van der Waals surface area contributed by atoms with Crippen molar-refractivity contribution in [3.63, 3.8) is 0 Å². The topological polar surface area (TPSA) is 121 Å². The fourth-order valence-electron chi connectivity index (χ4n) is 4.68. The maximum atomic E-state index is 14.4. The lowest BCUT2D eigenvalue weighted by Crippen LogP contribution is -2.47. The third kappa shape index (κ3) is 5.69. The van der Waals surface area contributed by atoms with Crippen LogP contribution in [0.1, 0.15) is 44.0 Å². The molecule has 41 heavy (non-hydrogen) atoms. The lowest BCUT2D eigenvalue weighted by Gasteiger charge is -2.27. The molecule has 1 amide bonds. The van der Waals surface area contributed by atoms with Crippen LogP contribution in [-0.4, -0.2) is 68.2 Å². The summed E-state index contributed by atoms with van der Waals surface area (Å²) in [5.74, 6) is -0.608. The normalized spacial score (nSPS) is 13.1. The second-order valence-corrected chi connectivity index (χ2v) is 10.9. The number of aryl methyl sites for hydroxylation is 1. The number of amides is 1. The maximum absolute atomic E-state index is 14.4. The van der Waals surface area contributed by atoms with Gasteiger partial charge in [0.1, 0.15) is 33.5 Å². The van der Waals surface area contributed by atoms with Crippen molar-refractivity contribution in [2.45, 2.75) is 52.4 Å². The largest absolute Gasteiger partial charge is 0.496 e. The molecule has 2 atom stereocenters. The van der Waals surface area contributed by atoms with E-state index < -0.39 is 35.1 Å². The number of halogens is 1. The molecule has 0 aliphatic carbocycles. The highest BCUT2D eigenvalue weighted by Crippen LogP contribution is 2.34. The summed E-state index contributed by atoms with van der Waals surface area (Å²) in [7, 11) is 3.05. The number of ether oxygens (including phenoxy) is 2. The van der Waals surface area contributed by atoms with Crippen molar-refractivity contribution in [1.82, 2.24) is 23.8 Å². The third-order valence-corrected chi connectivity index (χ3v) is 8.40. The molecule has 0 aliphatic rings. The number of methoxy groups -OCH3 is 1. The molecule has 4 rings (SSSR count). The van der Waals surface area contributed by atoms with Crippen molar-refractivity contribution in [3.8, 4) is 10.8 Å². The van der Waals surface area contributed by atoms with Crippen LogP contribution in [0.5, 0.6) is 5.75 Å². The SMILES string of the molecule is COc1ccc(F)cc1[C@H](Cn1c(=O)n([C@@H](C)C(=O)N(C)C(C)C)c(=O)c2c(C)c(-n3cccn3)sc21)OCCO. The first-order valence-electron chi connectivity index (χ1n) is 13.1. The van der Waals surface area contributed by atoms with Gasteiger partial charge in [0.2, 0.25) is 5.91 Å². The number of carbonyl (C=O) groups is 1. The molecule has 3 heterocycles. The average molecular weight is 588 g/mol. The zero-order valence-electron chi connectivity index (χ0n) is 23.8. The Morgan fingerprint density at radius 2 is 1.98 bits per heavy atom. The second-order valence-electron chi connectivity index (χ2n) is 9.92. The number of aliphatic hydroxyl groups excluding tert-OH is 1. The molecule has 0 bridgehead atoms. The summed E-state index contributed by atoms with van der Waals surface area (Å²) in [5, 5.41) is 14.7. The number of fused-ring (bicyclic) bond motifs is 1. The standard InChI is InChI=1S/C28H34FN5O6S/c1-16(2)31(5)24(36)18(4)34-25(37)23-17(3)26(33-11-7-10-30-33)41-27(23)32(28(34)38)15-22(40-13-12-35)20-14-19(29)8-9-21(20)39-6/h7-11,14,16,18,22,35H,12-13,15H2,1-6H3/t18-,22-/m0/s1. The first-order valence-corrected chi connectivity index (χ1v) is 13.9. The number of rotatable bonds is 11. The van der Waals surface area contributed by atoms with E-state index in [1.54, 1.807) is 37.1 Å². The summed E-state index contributed by atoms with van der Waals surface area (Å²) in [6.07, 6.45) is 2.39. The van der Waals surface area contributed by atoms with Crippen molar-refractivity contribution < 1.29 is 23.8 Å². The van der Waals surface area contributed by atoms with E-state index >= 15 is 0 Å². The van der Waals surface area contributed by atoms with Crippen LogP contribution in [0.15, 0.2) is 46.2 Å². The van der Waals surface area contributed by atoms with Gasteiger partial charge in [-0.1, -0.05) is 11.3 Å². The molecule has 0 saturated heterocycles. The number of nitrogens with zero attached hydrogens (tertiary/aromatic N) is 5. The van der Waals surface area contributed by atoms with Crippen molar-refractivity contribution in [2.75, 3.05) is 27.4 Å². The zero-order valence-corrected chi connectivity index (χ0v) is 24.6. The van der Waals surface area contributed by atoms with E-state index in [4.69, 9.17) is 9.47 Å². The minimum absolute atomic E-state index is 0.0993. The number of hydrogen-bond acceptors (Lipinski definition) is 8. The molecule has 0 unspecified atom stereocenters. The fourth-order valence-corrected chi connectivity index (χ4v) is 5.93. The Hall–Kier alpha value is -3.81. The van der Waals surface area contributed by atoms with Crippen LogP contribution in [0.3, 0.4) is 0 Å². The van der Waals surface area contributed by atoms with Crippen LogP contribution in [0.4, 0.5) is 4.39 Å². The van der Waals surface area contributed by atoms with Gasteiger partial charge in [0.05, 0.1) is 32.3 Å². The van der Waals surface area contributed by atoms with Crippen LogP contribution in [0, 0.1) is 12.7 Å². The second kappa shape index (κ2) is 12.4. The molecule has 11 nitrogen and oxygen atoms in total. The predicted octanol–water partition coefficient (Wildman–Crippen LogP) is 3.04. The molecule has 0 radical (unpaired) electrons. The maximum Gasteiger partial charge on any atom is 0.332 e. The summed E-state index contributed by atoms with van der Waals surface area (Å²) < 4.78 is 29.7. The van der Waals surface area contributed by atoms with Gasteiger partial charge in [-0.2, -0.15) is 5.10 Å². The monoisotopic (exact) mass is 587 g/mol.